The molecule has 1 aliphatic rings. The molecule has 148 valence electrons. The molecule has 1 N–H and O–H groups in total. The molecule has 0 aliphatic carbocycles. The number of rotatable bonds is 4. The summed E-state index contributed by atoms with van der Waals surface area (Å²) in [7, 11) is 0. The van der Waals surface area contributed by atoms with Crippen LogP contribution in [0.25, 0.3) is 0 Å². The minimum Gasteiger partial charge on any atom is -0.372 e. The van der Waals surface area contributed by atoms with Gasteiger partial charge in [0.05, 0.1) is 23.7 Å². The zero-order valence-corrected chi connectivity index (χ0v) is 17.4. The van der Waals surface area contributed by atoms with Crippen LogP contribution in [0, 0.1) is 29.6 Å². The first-order valence-electron chi connectivity index (χ1n) is 9.72. The van der Waals surface area contributed by atoms with Crippen molar-refractivity contribution in [2.45, 2.75) is 26.4 Å². The molecule has 1 amide bonds. The van der Waals surface area contributed by atoms with E-state index in [4.69, 9.17) is 5.26 Å². The first kappa shape index (κ1) is 19.7. The highest BCUT2D eigenvalue weighted by Gasteiger charge is 2.27. The molecular formula is C24H20N4OS. The van der Waals surface area contributed by atoms with E-state index < -0.39 is 0 Å². The number of fused-ring (bicyclic) bond motifs is 1. The lowest BCUT2D eigenvalue weighted by Gasteiger charge is -2.27. The zero-order chi connectivity index (χ0) is 21.1. The van der Waals surface area contributed by atoms with Crippen molar-refractivity contribution in [2.75, 3.05) is 11.9 Å². The van der Waals surface area contributed by atoms with E-state index in [9.17, 15) is 10.1 Å². The minimum atomic E-state index is 0.0309. The summed E-state index contributed by atoms with van der Waals surface area (Å²) in [4.78, 5) is 15.8. The molecule has 1 aromatic heterocycles. The van der Waals surface area contributed by atoms with Gasteiger partial charge in [-0.2, -0.15) is 10.5 Å². The van der Waals surface area contributed by atoms with Crippen molar-refractivity contribution in [1.29, 1.82) is 10.5 Å². The lowest BCUT2D eigenvalue weighted by atomic mass is 10.0. The lowest BCUT2D eigenvalue weighted by Crippen LogP contribution is -2.35. The Morgan fingerprint density at radius 3 is 2.67 bits per heavy atom. The Kier molecular flexibility index (Phi) is 5.52. The summed E-state index contributed by atoms with van der Waals surface area (Å²) in [5, 5.41) is 22.8. The van der Waals surface area contributed by atoms with E-state index in [-0.39, 0.29) is 5.91 Å². The number of carbonyl (C=O) groups excluding carboxylic acids is 1. The Balaban J connectivity index is 1.51. The summed E-state index contributed by atoms with van der Waals surface area (Å²) in [6, 6.07) is 19.5. The van der Waals surface area contributed by atoms with Gasteiger partial charge in [-0.3, -0.25) is 4.79 Å². The minimum absolute atomic E-state index is 0.0309. The molecule has 6 heteroatoms. The molecule has 0 saturated heterocycles. The fourth-order valence-electron chi connectivity index (χ4n) is 3.66. The molecule has 5 nitrogen and oxygen atoms in total. The van der Waals surface area contributed by atoms with Gasteiger partial charge in [-0.1, -0.05) is 29.8 Å². The van der Waals surface area contributed by atoms with Crippen molar-refractivity contribution >= 4 is 22.2 Å². The average Bonchev–Trinajstić information content (AvgIpc) is 3.14. The van der Waals surface area contributed by atoms with Gasteiger partial charge in [0.1, 0.15) is 11.1 Å². The van der Waals surface area contributed by atoms with Crippen molar-refractivity contribution in [3.05, 3.63) is 86.8 Å². The van der Waals surface area contributed by atoms with Crippen molar-refractivity contribution < 1.29 is 4.79 Å². The van der Waals surface area contributed by atoms with Crippen LogP contribution in [0.1, 0.15) is 43.1 Å². The van der Waals surface area contributed by atoms with Crippen LogP contribution >= 0.6 is 11.3 Å². The molecule has 3 aromatic rings. The summed E-state index contributed by atoms with van der Waals surface area (Å²) < 4.78 is 0. The van der Waals surface area contributed by atoms with E-state index in [0.29, 0.717) is 42.7 Å². The van der Waals surface area contributed by atoms with E-state index >= 15 is 0 Å². The molecule has 0 atom stereocenters. The number of anilines is 1. The van der Waals surface area contributed by atoms with Gasteiger partial charge in [-0.05, 0) is 48.7 Å². The van der Waals surface area contributed by atoms with Crippen molar-refractivity contribution in [3.8, 4) is 12.1 Å². The fourth-order valence-corrected chi connectivity index (χ4v) is 4.87. The number of hydrogen-bond donors (Lipinski definition) is 1. The largest absolute Gasteiger partial charge is 0.372 e. The van der Waals surface area contributed by atoms with Gasteiger partial charge < -0.3 is 10.2 Å². The first-order valence-corrected chi connectivity index (χ1v) is 10.5. The van der Waals surface area contributed by atoms with E-state index in [2.05, 4.69) is 17.5 Å². The topological polar surface area (TPSA) is 79.9 Å². The summed E-state index contributed by atoms with van der Waals surface area (Å²) in [6.45, 7) is 3.70. The molecular weight excluding hydrogens is 392 g/mol. The second kappa shape index (κ2) is 8.41. The smallest absolute Gasteiger partial charge is 0.254 e. The number of amides is 1. The molecule has 30 heavy (non-hydrogen) atoms. The third kappa shape index (κ3) is 3.91. The number of nitrogens with zero attached hydrogens (tertiary/aromatic N) is 3. The number of nitriles is 2. The summed E-state index contributed by atoms with van der Waals surface area (Å²) >= 11 is 1.55. The summed E-state index contributed by atoms with van der Waals surface area (Å²) in [5.74, 6) is 0.0309. The van der Waals surface area contributed by atoms with Crippen LogP contribution in [0.3, 0.4) is 0 Å². The number of thiophene rings is 1. The monoisotopic (exact) mass is 412 g/mol. The molecule has 0 spiro atoms. The van der Waals surface area contributed by atoms with E-state index in [1.807, 2.05) is 48.2 Å². The summed E-state index contributed by atoms with van der Waals surface area (Å²) in [6.07, 6.45) is 0.685. The van der Waals surface area contributed by atoms with Gasteiger partial charge in [0, 0.05) is 23.5 Å². The highest BCUT2D eigenvalue weighted by molar-refractivity contribution is 7.16. The molecule has 2 heterocycles. The standard InChI is InChI=1S/C24H20N4OS/c1-16-3-2-4-19(11-16)24(29)28-10-9-20-21(13-26)23(30-22(20)15-28)27-14-18-7-5-17(12-25)6-8-18/h2-8,11,27H,9-10,14-15H2,1H3. The molecule has 1 aliphatic heterocycles. The Morgan fingerprint density at radius 2 is 1.97 bits per heavy atom. The van der Waals surface area contributed by atoms with Crippen LogP contribution in [-0.4, -0.2) is 17.4 Å². The second-order valence-corrected chi connectivity index (χ2v) is 8.43. The van der Waals surface area contributed by atoms with Crippen LogP contribution < -0.4 is 5.32 Å². The van der Waals surface area contributed by atoms with E-state index in [1.54, 1.807) is 23.5 Å². The van der Waals surface area contributed by atoms with Crippen LogP contribution in [0.2, 0.25) is 0 Å². The molecule has 0 bridgehead atoms. The maximum atomic E-state index is 12.9. The van der Waals surface area contributed by atoms with Crippen LogP contribution in [-0.2, 0) is 19.5 Å². The Hall–Kier alpha value is -3.61. The molecule has 0 unspecified atom stereocenters. The lowest BCUT2D eigenvalue weighted by molar-refractivity contribution is 0.0737. The number of nitrogens with one attached hydrogen (secondary N) is 1. The number of benzene rings is 2. The molecule has 2 aromatic carbocycles. The molecule has 4 rings (SSSR count). The number of carbonyl (C=O) groups is 1. The molecule has 0 radical (unpaired) electrons. The third-order valence-corrected chi connectivity index (χ3v) is 6.43. The predicted octanol–water partition coefficient (Wildman–Crippen LogP) is 4.61. The maximum Gasteiger partial charge on any atom is 0.254 e. The van der Waals surface area contributed by atoms with Gasteiger partial charge in [0.15, 0.2) is 0 Å². The van der Waals surface area contributed by atoms with Gasteiger partial charge >= 0.3 is 0 Å². The SMILES string of the molecule is Cc1cccc(C(=O)N2CCc3c(sc(NCc4ccc(C#N)cc4)c3C#N)C2)c1. The maximum absolute atomic E-state index is 12.9. The van der Waals surface area contributed by atoms with Crippen LogP contribution in [0.15, 0.2) is 48.5 Å². The van der Waals surface area contributed by atoms with Gasteiger partial charge in [0.2, 0.25) is 0 Å². The Morgan fingerprint density at radius 1 is 1.17 bits per heavy atom. The Bertz CT molecular complexity index is 1180. The van der Waals surface area contributed by atoms with Gasteiger partial charge in [-0.25, -0.2) is 0 Å². The van der Waals surface area contributed by atoms with Crippen LogP contribution in [0.5, 0.6) is 0 Å². The number of aryl methyl sites for hydroxylation is 1. The average molecular weight is 413 g/mol. The van der Waals surface area contributed by atoms with Crippen molar-refractivity contribution in [3.63, 3.8) is 0 Å². The van der Waals surface area contributed by atoms with E-state index in [1.165, 1.54) is 0 Å². The van der Waals surface area contributed by atoms with Crippen molar-refractivity contribution in [1.82, 2.24) is 4.90 Å². The highest BCUT2D eigenvalue weighted by atomic mass is 32.1. The van der Waals surface area contributed by atoms with Gasteiger partial charge in [0.25, 0.3) is 5.91 Å². The van der Waals surface area contributed by atoms with Crippen LogP contribution in [0.4, 0.5) is 5.00 Å². The normalized spacial score (nSPS) is 12.6. The predicted molar refractivity (Wildman–Crippen MR) is 117 cm³/mol. The zero-order valence-electron chi connectivity index (χ0n) is 16.6. The fraction of sp³-hybridized carbons (Fsp3) is 0.208. The quantitative estimate of drug-likeness (QED) is 0.679. The number of hydrogen-bond acceptors (Lipinski definition) is 5. The second-order valence-electron chi connectivity index (χ2n) is 7.33. The molecule has 0 saturated carbocycles. The molecule has 0 fully saturated rings. The third-order valence-electron chi connectivity index (χ3n) is 5.26. The van der Waals surface area contributed by atoms with Crippen molar-refractivity contribution in [2.24, 2.45) is 0 Å². The highest BCUT2D eigenvalue weighted by Crippen LogP contribution is 2.37. The van der Waals surface area contributed by atoms with E-state index in [0.717, 1.165) is 26.6 Å². The Labute approximate surface area is 179 Å². The van der Waals surface area contributed by atoms with Gasteiger partial charge in [-0.15, -0.1) is 11.3 Å². The first-order chi connectivity index (χ1) is 14.6. The summed E-state index contributed by atoms with van der Waals surface area (Å²) in [5.41, 5.74) is 5.18.